The molecule has 0 spiro atoms. The van der Waals surface area contributed by atoms with Crippen molar-refractivity contribution in [3.05, 3.63) is 4.60 Å². The van der Waals surface area contributed by atoms with Gasteiger partial charge in [-0.3, -0.25) is 0 Å². The highest BCUT2D eigenvalue weighted by molar-refractivity contribution is 9.10. The van der Waals surface area contributed by atoms with Gasteiger partial charge in [0.2, 0.25) is 5.03 Å². The molecule has 6 nitrogen and oxygen atoms in total. The molecule has 0 aromatic carbocycles. The Labute approximate surface area is 119 Å². The van der Waals surface area contributed by atoms with Gasteiger partial charge >= 0.3 is 0 Å². The number of thioether (sulfide) groups is 1. The molecule has 0 saturated carbocycles. The molecular weight excluding hydrogens is 340 g/mol. The molecule has 1 saturated heterocycles. The summed E-state index contributed by atoms with van der Waals surface area (Å²) in [6.45, 7) is 0.463. The monoisotopic (exact) mass is 354 g/mol. The summed E-state index contributed by atoms with van der Waals surface area (Å²) in [5.41, 5.74) is 0. The molecule has 0 bridgehead atoms. The van der Waals surface area contributed by atoms with Crippen molar-refractivity contribution in [1.29, 1.82) is 0 Å². The molecule has 0 radical (unpaired) electrons. The van der Waals surface area contributed by atoms with Crippen molar-refractivity contribution in [3.8, 4) is 0 Å². The third kappa shape index (κ3) is 3.25. The molecule has 1 aromatic rings. The number of nitrogens with zero attached hydrogens (tertiary/aromatic N) is 3. The quantitative estimate of drug-likeness (QED) is 0.877. The summed E-state index contributed by atoms with van der Waals surface area (Å²) in [7, 11) is -1.99. The van der Waals surface area contributed by atoms with Crippen molar-refractivity contribution < 1.29 is 8.42 Å². The first-order chi connectivity index (χ1) is 8.50. The van der Waals surface area contributed by atoms with Crippen LogP contribution in [-0.2, 0) is 17.1 Å². The fourth-order valence-electron chi connectivity index (χ4n) is 1.85. The molecule has 1 fully saturated rings. The van der Waals surface area contributed by atoms with Gasteiger partial charge in [-0.05, 0) is 34.5 Å². The number of hydrogen-bond donors (Lipinski definition) is 1. The summed E-state index contributed by atoms with van der Waals surface area (Å²) in [6, 6.07) is 0. The molecule has 102 valence electrons. The zero-order chi connectivity index (χ0) is 13.2. The fourth-order valence-corrected chi connectivity index (χ4v) is 5.36. The van der Waals surface area contributed by atoms with Crippen molar-refractivity contribution in [2.24, 2.45) is 7.05 Å². The van der Waals surface area contributed by atoms with Crippen LogP contribution in [0.2, 0.25) is 0 Å². The first kappa shape index (κ1) is 14.3. The van der Waals surface area contributed by atoms with Gasteiger partial charge in [-0.25, -0.2) is 17.8 Å². The number of sulfonamides is 1. The van der Waals surface area contributed by atoms with Crippen molar-refractivity contribution in [2.75, 3.05) is 12.3 Å². The summed E-state index contributed by atoms with van der Waals surface area (Å²) in [5, 5.41) is 7.80. The molecule has 18 heavy (non-hydrogen) atoms. The van der Waals surface area contributed by atoms with Gasteiger partial charge in [0, 0.05) is 18.8 Å². The predicted octanol–water partition coefficient (Wildman–Crippen LogP) is 1.14. The van der Waals surface area contributed by atoms with Crippen LogP contribution in [0.4, 0.5) is 0 Å². The molecule has 0 amide bonds. The van der Waals surface area contributed by atoms with Crippen LogP contribution < -0.4 is 4.72 Å². The van der Waals surface area contributed by atoms with E-state index in [1.165, 1.54) is 17.5 Å². The van der Waals surface area contributed by atoms with E-state index in [2.05, 4.69) is 31.0 Å². The maximum atomic E-state index is 12.1. The molecular formula is C9H15BrN4O2S2. The molecule has 0 aliphatic carbocycles. The average molecular weight is 355 g/mol. The Kier molecular flexibility index (Phi) is 4.68. The number of hydrogen-bond acceptors (Lipinski definition) is 5. The maximum absolute atomic E-state index is 12.1. The molecule has 1 N–H and O–H groups in total. The number of aromatic nitrogens is 3. The fraction of sp³-hybridized carbons (Fsp3) is 0.778. The van der Waals surface area contributed by atoms with Gasteiger partial charge in [-0.1, -0.05) is 11.6 Å². The second-order valence-corrected chi connectivity index (χ2v) is 7.99. The molecule has 2 rings (SSSR count). The van der Waals surface area contributed by atoms with Crippen LogP contribution in [0.15, 0.2) is 9.63 Å². The molecule has 2 heterocycles. The second kappa shape index (κ2) is 5.89. The average Bonchev–Trinajstić information content (AvgIpc) is 2.69. The third-order valence-corrected chi connectivity index (χ3v) is 6.47. The summed E-state index contributed by atoms with van der Waals surface area (Å²) in [6.07, 6.45) is 3.47. The highest BCUT2D eigenvalue weighted by Crippen LogP contribution is 2.25. The number of rotatable bonds is 4. The lowest BCUT2D eigenvalue weighted by Crippen LogP contribution is -2.33. The van der Waals surface area contributed by atoms with E-state index in [0.717, 1.165) is 12.2 Å². The molecule has 1 aromatic heterocycles. The Bertz CT molecular complexity index is 491. The predicted molar refractivity (Wildman–Crippen MR) is 74.0 cm³/mol. The van der Waals surface area contributed by atoms with Crippen molar-refractivity contribution >= 4 is 37.7 Å². The van der Waals surface area contributed by atoms with Crippen LogP contribution in [-0.4, -0.2) is 41.0 Å². The Morgan fingerprint density at radius 2 is 2.33 bits per heavy atom. The van der Waals surface area contributed by atoms with Crippen LogP contribution in [0.1, 0.15) is 19.3 Å². The number of aryl methyl sites for hydroxylation is 1. The van der Waals surface area contributed by atoms with Gasteiger partial charge in [-0.15, -0.1) is 5.10 Å². The largest absolute Gasteiger partial charge is 0.260 e. The smallest absolute Gasteiger partial charge is 0.235 e. The molecule has 1 atom stereocenters. The van der Waals surface area contributed by atoms with E-state index in [0.29, 0.717) is 11.8 Å². The zero-order valence-electron chi connectivity index (χ0n) is 9.97. The van der Waals surface area contributed by atoms with Crippen LogP contribution in [0.5, 0.6) is 0 Å². The van der Waals surface area contributed by atoms with E-state index in [9.17, 15) is 8.42 Å². The minimum Gasteiger partial charge on any atom is -0.235 e. The normalized spacial score (nSPS) is 21.1. The molecule has 1 aliphatic heterocycles. The van der Waals surface area contributed by atoms with Crippen molar-refractivity contribution in [3.63, 3.8) is 0 Å². The summed E-state index contributed by atoms with van der Waals surface area (Å²) < 4.78 is 28.4. The summed E-state index contributed by atoms with van der Waals surface area (Å²) in [4.78, 5) is 0. The highest BCUT2D eigenvalue weighted by atomic mass is 79.9. The first-order valence-corrected chi connectivity index (χ1v) is 8.99. The lowest BCUT2D eigenvalue weighted by Gasteiger charge is -2.21. The highest BCUT2D eigenvalue weighted by Gasteiger charge is 2.25. The topological polar surface area (TPSA) is 76.9 Å². The number of nitrogens with one attached hydrogen (secondary N) is 1. The zero-order valence-corrected chi connectivity index (χ0v) is 13.2. The van der Waals surface area contributed by atoms with E-state index in [-0.39, 0.29) is 9.63 Å². The molecule has 1 aliphatic rings. The van der Waals surface area contributed by atoms with Gasteiger partial charge in [0.1, 0.15) is 0 Å². The van der Waals surface area contributed by atoms with E-state index >= 15 is 0 Å². The van der Waals surface area contributed by atoms with E-state index in [1.807, 2.05) is 11.8 Å². The Hall–Kier alpha value is -0.120. The maximum Gasteiger partial charge on any atom is 0.260 e. The van der Waals surface area contributed by atoms with Gasteiger partial charge in [0.25, 0.3) is 10.0 Å². The van der Waals surface area contributed by atoms with Gasteiger partial charge in [0.05, 0.1) is 0 Å². The van der Waals surface area contributed by atoms with Crippen molar-refractivity contribution in [2.45, 2.75) is 29.5 Å². The van der Waals surface area contributed by atoms with E-state index in [1.54, 1.807) is 7.05 Å². The lowest BCUT2D eigenvalue weighted by atomic mass is 10.2. The Balaban J connectivity index is 2.03. The Morgan fingerprint density at radius 1 is 1.56 bits per heavy atom. The van der Waals surface area contributed by atoms with Gasteiger partial charge in [-0.2, -0.15) is 11.8 Å². The standard InChI is InChI=1S/C9H15BrN4O2S2/c1-14-9(8(10)12-13-14)18(15,16)11-6-7-4-2-3-5-17-7/h7,11H,2-6H2,1H3. The SMILES string of the molecule is Cn1nnc(Br)c1S(=O)(=O)NCC1CCCCS1. The number of halogens is 1. The van der Waals surface area contributed by atoms with Gasteiger partial charge < -0.3 is 0 Å². The summed E-state index contributed by atoms with van der Waals surface area (Å²) in [5.74, 6) is 1.11. The minimum absolute atomic E-state index is 0.0725. The van der Waals surface area contributed by atoms with Crippen LogP contribution in [0.3, 0.4) is 0 Å². The minimum atomic E-state index is -3.55. The first-order valence-electron chi connectivity index (χ1n) is 5.67. The lowest BCUT2D eigenvalue weighted by molar-refractivity contribution is 0.555. The van der Waals surface area contributed by atoms with Crippen molar-refractivity contribution in [1.82, 2.24) is 19.7 Å². The molecule has 1 unspecified atom stereocenters. The van der Waals surface area contributed by atoms with Crippen LogP contribution >= 0.6 is 27.7 Å². The van der Waals surface area contributed by atoms with E-state index < -0.39 is 10.0 Å². The second-order valence-electron chi connectivity index (χ2n) is 4.15. The van der Waals surface area contributed by atoms with Crippen LogP contribution in [0, 0.1) is 0 Å². The van der Waals surface area contributed by atoms with Gasteiger partial charge in [0.15, 0.2) is 4.60 Å². The molecule has 9 heteroatoms. The van der Waals surface area contributed by atoms with Crippen LogP contribution in [0.25, 0.3) is 0 Å². The Morgan fingerprint density at radius 3 is 2.89 bits per heavy atom. The van der Waals surface area contributed by atoms with E-state index in [4.69, 9.17) is 0 Å². The summed E-state index contributed by atoms with van der Waals surface area (Å²) >= 11 is 4.93. The third-order valence-electron chi connectivity index (χ3n) is 2.77.